The molecule has 9 heteroatoms. The summed E-state index contributed by atoms with van der Waals surface area (Å²) in [7, 11) is 1.94. The van der Waals surface area contributed by atoms with Crippen molar-refractivity contribution in [3.8, 4) is 11.3 Å². The highest BCUT2D eigenvalue weighted by molar-refractivity contribution is 5.73. The summed E-state index contributed by atoms with van der Waals surface area (Å²) in [5.74, 6) is 2.21. The standard InChI is InChI=1S/C22H29FN8/c1-14-11-16(3-4-17(14)23)18-12-31(10-7-26-2)21(29-18)15-5-8-30(9-6-15)22-19(24)20(25)27-13-28-22/h3-4,11-13,15,26H,5-10,24H2,1-2H3,(H2,25,27,28). The molecule has 0 aliphatic carbocycles. The molecule has 0 bridgehead atoms. The van der Waals surface area contributed by atoms with Gasteiger partial charge in [-0.2, -0.15) is 0 Å². The number of piperidine rings is 1. The van der Waals surface area contributed by atoms with Gasteiger partial charge in [-0.3, -0.25) is 0 Å². The second kappa shape index (κ2) is 8.89. The smallest absolute Gasteiger partial charge is 0.157 e. The van der Waals surface area contributed by atoms with Gasteiger partial charge in [-0.25, -0.2) is 19.3 Å². The first-order chi connectivity index (χ1) is 15.0. The predicted octanol–water partition coefficient (Wildman–Crippen LogP) is 2.56. The van der Waals surface area contributed by atoms with Gasteiger partial charge in [-0.05, 0) is 50.6 Å². The Morgan fingerprint density at radius 1 is 1.19 bits per heavy atom. The molecule has 1 aliphatic heterocycles. The minimum atomic E-state index is -0.199. The van der Waals surface area contributed by atoms with Crippen LogP contribution in [0.1, 0.15) is 30.1 Å². The molecule has 5 N–H and O–H groups in total. The monoisotopic (exact) mass is 424 g/mol. The summed E-state index contributed by atoms with van der Waals surface area (Å²) in [6.07, 6.45) is 5.40. The number of anilines is 3. The van der Waals surface area contributed by atoms with E-state index in [1.54, 1.807) is 13.0 Å². The fourth-order valence-electron chi connectivity index (χ4n) is 4.11. The van der Waals surface area contributed by atoms with E-state index in [-0.39, 0.29) is 5.82 Å². The normalized spacial score (nSPS) is 14.9. The summed E-state index contributed by atoms with van der Waals surface area (Å²) in [5, 5.41) is 3.21. The molecule has 3 aromatic rings. The molecule has 4 rings (SSSR count). The second-order valence-corrected chi connectivity index (χ2v) is 8.00. The van der Waals surface area contributed by atoms with Crippen LogP contribution in [-0.2, 0) is 6.54 Å². The van der Waals surface area contributed by atoms with Crippen molar-refractivity contribution in [3.63, 3.8) is 0 Å². The van der Waals surface area contributed by atoms with Crippen molar-refractivity contribution in [2.75, 3.05) is 43.0 Å². The molecule has 31 heavy (non-hydrogen) atoms. The third-order valence-electron chi connectivity index (χ3n) is 5.92. The van der Waals surface area contributed by atoms with Crippen LogP contribution in [0.15, 0.2) is 30.7 Å². The molecule has 1 aliphatic rings. The first-order valence-corrected chi connectivity index (χ1v) is 10.6. The van der Waals surface area contributed by atoms with E-state index in [4.69, 9.17) is 16.5 Å². The van der Waals surface area contributed by atoms with E-state index in [2.05, 4.69) is 30.9 Å². The molecule has 0 unspecified atom stereocenters. The molecule has 0 atom stereocenters. The minimum absolute atomic E-state index is 0.199. The number of hydrogen-bond donors (Lipinski definition) is 3. The first kappa shape index (κ1) is 21.0. The van der Waals surface area contributed by atoms with E-state index in [9.17, 15) is 4.39 Å². The van der Waals surface area contributed by atoms with Crippen LogP contribution < -0.4 is 21.7 Å². The van der Waals surface area contributed by atoms with E-state index >= 15 is 0 Å². The van der Waals surface area contributed by atoms with Crippen LogP contribution in [0.5, 0.6) is 0 Å². The molecule has 2 aromatic heterocycles. The van der Waals surface area contributed by atoms with Gasteiger partial charge in [0.15, 0.2) is 11.6 Å². The van der Waals surface area contributed by atoms with E-state index in [0.29, 0.717) is 28.8 Å². The quantitative estimate of drug-likeness (QED) is 0.558. The average Bonchev–Trinajstić information content (AvgIpc) is 3.20. The molecule has 0 spiro atoms. The molecule has 0 saturated carbocycles. The van der Waals surface area contributed by atoms with Crippen molar-refractivity contribution in [3.05, 3.63) is 47.9 Å². The Kier molecular flexibility index (Phi) is 6.03. The van der Waals surface area contributed by atoms with Crippen LogP contribution in [0.3, 0.4) is 0 Å². The lowest BCUT2D eigenvalue weighted by Crippen LogP contribution is -2.35. The predicted molar refractivity (Wildman–Crippen MR) is 121 cm³/mol. The Hall–Kier alpha value is -3.20. The number of benzene rings is 1. The first-order valence-electron chi connectivity index (χ1n) is 10.6. The zero-order valence-electron chi connectivity index (χ0n) is 18.0. The summed E-state index contributed by atoms with van der Waals surface area (Å²) in [4.78, 5) is 15.4. The molecule has 0 amide bonds. The Morgan fingerprint density at radius 2 is 1.97 bits per heavy atom. The lowest BCUT2D eigenvalue weighted by Gasteiger charge is -2.33. The summed E-state index contributed by atoms with van der Waals surface area (Å²) in [6, 6.07) is 5.16. The number of aryl methyl sites for hydroxylation is 1. The number of nitrogens with one attached hydrogen (secondary N) is 1. The SMILES string of the molecule is CNCCn1cc(-c2ccc(F)c(C)c2)nc1C1CCN(c2ncnc(N)c2N)CC1. The van der Waals surface area contributed by atoms with Gasteiger partial charge in [0.25, 0.3) is 0 Å². The minimum Gasteiger partial charge on any atom is -0.393 e. The van der Waals surface area contributed by atoms with Crippen molar-refractivity contribution in [1.82, 2.24) is 24.8 Å². The van der Waals surface area contributed by atoms with Gasteiger partial charge in [-0.1, -0.05) is 0 Å². The highest BCUT2D eigenvalue weighted by atomic mass is 19.1. The Bertz CT molecular complexity index is 1060. The largest absolute Gasteiger partial charge is 0.393 e. The molecular weight excluding hydrogens is 395 g/mol. The van der Waals surface area contributed by atoms with Gasteiger partial charge in [0.2, 0.25) is 0 Å². The number of nitrogens with two attached hydrogens (primary N) is 2. The van der Waals surface area contributed by atoms with Crippen LogP contribution in [-0.4, -0.2) is 46.2 Å². The van der Waals surface area contributed by atoms with E-state index < -0.39 is 0 Å². The number of nitrogen functional groups attached to an aromatic ring is 2. The Labute approximate surface area is 181 Å². The number of imidazole rings is 1. The van der Waals surface area contributed by atoms with Crippen molar-refractivity contribution >= 4 is 17.3 Å². The molecule has 8 nitrogen and oxygen atoms in total. The Morgan fingerprint density at radius 3 is 2.68 bits per heavy atom. The number of nitrogens with zero attached hydrogens (tertiary/aromatic N) is 5. The number of halogens is 1. The lowest BCUT2D eigenvalue weighted by atomic mass is 9.95. The summed E-state index contributed by atoms with van der Waals surface area (Å²) >= 11 is 0. The van der Waals surface area contributed by atoms with Crippen molar-refractivity contribution in [1.29, 1.82) is 0 Å². The molecule has 1 saturated heterocycles. The fourth-order valence-corrected chi connectivity index (χ4v) is 4.11. The molecule has 3 heterocycles. The van der Waals surface area contributed by atoms with Crippen molar-refractivity contribution in [2.45, 2.75) is 32.2 Å². The maximum absolute atomic E-state index is 13.7. The van der Waals surface area contributed by atoms with Gasteiger partial charge in [0.1, 0.15) is 23.7 Å². The highest BCUT2D eigenvalue weighted by Gasteiger charge is 2.27. The molecule has 1 fully saturated rings. The number of hydrogen-bond acceptors (Lipinski definition) is 7. The zero-order chi connectivity index (χ0) is 22.0. The second-order valence-electron chi connectivity index (χ2n) is 8.00. The van der Waals surface area contributed by atoms with E-state index in [1.807, 2.05) is 13.1 Å². The van der Waals surface area contributed by atoms with Crippen LogP contribution in [0.2, 0.25) is 0 Å². The zero-order valence-corrected chi connectivity index (χ0v) is 18.0. The van der Waals surface area contributed by atoms with E-state index in [1.165, 1.54) is 12.4 Å². The molecule has 164 valence electrons. The molecular formula is C22H29FN8. The fraction of sp³-hybridized carbons (Fsp3) is 0.409. The summed E-state index contributed by atoms with van der Waals surface area (Å²) in [5.41, 5.74) is 14.8. The van der Waals surface area contributed by atoms with Crippen molar-refractivity contribution < 1.29 is 4.39 Å². The number of aromatic nitrogens is 4. The van der Waals surface area contributed by atoms with Gasteiger partial charge in [0.05, 0.1) is 5.69 Å². The Balaban J connectivity index is 1.56. The lowest BCUT2D eigenvalue weighted by molar-refractivity contribution is 0.461. The summed E-state index contributed by atoms with van der Waals surface area (Å²) in [6.45, 7) is 5.08. The number of likely N-dealkylation sites (N-methyl/N-ethyl adjacent to an activating group) is 1. The third-order valence-corrected chi connectivity index (χ3v) is 5.92. The van der Waals surface area contributed by atoms with Gasteiger partial charge >= 0.3 is 0 Å². The summed E-state index contributed by atoms with van der Waals surface area (Å²) < 4.78 is 15.9. The highest BCUT2D eigenvalue weighted by Crippen LogP contribution is 2.34. The van der Waals surface area contributed by atoms with Crippen LogP contribution in [0, 0.1) is 12.7 Å². The third kappa shape index (κ3) is 4.32. The molecule has 1 aromatic carbocycles. The average molecular weight is 425 g/mol. The van der Waals surface area contributed by atoms with Crippen LogP contribution in [0.4, 0.5) is 21.7 Å². The van der Waals surface area contributed by atoms with Crippen molar-refractivity contribution in [2.24, 2.45) is 0 Å². The van der Waals surface area contributed by atoms with Crippen LogP contribution >= 0.6 is 0 Å². The maximum Gasteiger partial charge on any atom is 0.157 e. The van der Waals surface area contributed by atoms with Gasteiger partial charge in [0, 0.05) is 43.9 Å². The maximum atomic E-state index is 13.7. The van der Waals surface area contributed by atoms with Gasteiger partial charge in [-0.15, -0.1) is 0 Å². The van der Waals surface area contributed by atoms with E-state index in [0.717, 1.165) is 56.1 Å². The van der Waals surface area contributed by atoms with Crippen LogP contribution in [0.25, 0.3) is 11.3 Å². The molecule has 0 radical (unpaired) electrons. The van der Waals surface area contributed by atoms with Gasteiger partial charge < -0.3 is 26.3 Å². The topological polar surface area (TPSA) is 111 Å². The number of rotatable bonds is 6.